The van der Waals surface area contributed by atoms with E-state index in [-0.39, 0.29) is 12.0 Å². The van der Waals surface area contributed by atoms with Gasteiger partial charge in [-0.15, -0.1) is 0 Å². The molecule has 2 amide bonds. The molecule has 5 nitrogen and oxygen atoms in total. The summed E-state index contributed by atoms with van der Waals surface area (Å²) in [6.45, 7) is 4.41. The summed E-state index contributed by atoms with van der Waals surface area (Å²) >= 11 is 0. The number of carbonyl (C=O) groups is 2. The van der Waals surface area contributed by atoms with Crippen LogP contribution >= 0.6 is 0 Å². The molecule has 1 saturated carbocycles. The number of piperidine rings is 2. The van der Waals surface area contributed by atoms with Crippen LogP contribution in [0.3, 0.4) is 0 Å². The Morgan fingerprint density at radius 3 is 2.68 bits per heavy atom. The van der Waals surface area contributed by atoms with Crippen LogP contribution in [0, 0.1) is 11.8 Å². The molecule has 0 radical (unpaired) electrons. The van der Waals surface area contributed by atoms with Crippen LogP contribution in [0.1, 0.15) is 45.4 Å². The van der Waals surface area contributed by atoms with E-state index in [2.05, 4.69) is 11.8 Å². The molecule has 122 valence electrons. The number of nitrogens with zero attached hydrogens (tertiary/aromatic N) is 2. The third-order valence-electron chi connectivity index (χ3n) is 5.95. The van der Waals surface area contributed by atoms with Crippen molar-refractivity contribution in [3.05, 3.63) is 0 Å². The second kappa shape index (κ2) is 5.52. The van der Waals surface area contributed by atoms with Crippen LogP contribution in [-0.4, -0.2) is 59.5 Å². The average Bonchev–Trinajstić information content (AvgIpc) is 3.26. The quantitative estimate of drug-likeness (QED) is 0.775. The minimum Gasteiger partial charge on any atom is -0.368 e. The molecule has 3 aliphatic heterocycles. The number of rotatable bonds is 2. The van der Waals surface area contributed by atoms with Gasteiger partial charge >= 0.3 is 0 Å². The molecule has 3 saturated heterocycles. The molecule has 5 heteroatoms. The summed E-state index contributed by atoms with van der Waals surface area (Å²) < 4.78 is 5.65. The van der Waals surface area contributed by atoms with Crippen molar-refractivity contribution in [2.75, 3.05) is 19.7 Å². The van der Waals surface area contributed by atoms with Gasteiger partial charge in [0.25, 0.3) is 5.91 Å². The molecule has 0 N–H and O–H groups in total. The molecule has 4 fully saturated rings. The van der Waals surface area contributed by atoms with E-state index in [4.69, 9.17) is 4.74 Å². The zero-order valence-corrected chi connectivity index (χ0v) is 13.4. The Morgan fingerprint density at radius 1 is 1.18 bits per heavy atom. The smallest absolute Gasteiger partial charge is 0.251 e. The predicted octanol–water partition coefficient (Wildman–Crippen LogP) is 1.41. The van der Waals surface area contributed by atoms with Crippen molar-refractivity contribution >= 4 is 11.8 Å². The van der Waals surface area contributed by atoms with Gasteiger partial charge in [-0.3, -0.25) is 9.59 Å². The molecule has 0 aromatic rings. The molecule has 22 heavy (non-hydrogen) atoms. The maximum absolute atomic E-state index is 12.7. The van der Waals surface area contributed by atoms with Gasteiger partial charge in [0.05, 0.1) is 0 Å². The predicted molar refractivity (Wildman–Crippen MR) is 81.1 cm³/mol. The molecule has 0 unspecified atom stereocenters. The average molecular weight is 306 g/mol. The summed E-state index contributed by atoms with van der Waals surface area (Å²) in [4.78, 5) is 29.1. The molecular weight excluding hydrogens is 280 g/mol. The fraction of sp³-hybridized carbons (Fsp3) is 0.882. The lowest BCUT2D eigenvalue weighted by molar-refractivity contribution is -0.150. The first-order valence-corrected chi connectivity index (χ1v) is 8.86. The fourth-order valence-corrected chi connectivity index (χ4v) is 4.51. The van der Waals surface area contributed by atoms with Gasteiger partial charge in [0, 0.05) is 38.2 Å². The number of amides is 2. The lowest BCUT2D eigenvalue weighted by Crippen LogP contribution is -2.58. The van der Waals surface area contributed by atoms with Crippen LogP contribution in [0.4, 0.5) is 0 Å². The van der Waals surface area contributed by atoms with Crippen molar-refractivity contribution in [2.24, 2.45) is 11.8 Å². The van der Waals surface area contributed by atoms with Crippen LogP contribution in [0.2, 0.25) is 0 Å². The molecule has 4 atom stereocenters. The summed E-state index contributed by atoms with van der Waals surface area (Å²) in [6.07, 6.45) is 5.64. The van der Waals surface area contributed by atoms with Crippen LogP contribution in [0.5, 0.6) is 0 Å². The van der Waals surface area contributed by atoms with Crippen LogP contribution in [0.15, 0.2) is 0 Å². The second-order valence-electron chi connectivity index (χ2n) is 7.53. The third-order valence-corrected chi connectivity index (χ3v) is 5.95. The largest absolute Gasteiger partial charge is 0.368 e. The molecule has 1 aliphatic carbocycles. The highest BCUT2D eigenvalue weighted by molar-refractivity contribution is 5.82. The number of hydrogen-bond donors (Lipinski definition) is 0. The van der Waals surface area contributed by atoms with E-state index in [0.29, 0.717) is 42.9 Å². The van der Waals surface area contributed by atoms with Crippen molar-refractivity contribution in [2.45, 2.75) is 63.6 Å². The van der Waals surface area contributed by atoms with Gasteiger partial charge in [0.1, 0.15) is 6.10 Å². The Labute approximate surface area is 132 Å². The molecule has 0 aromatic heterocycles. The van der Waals surface area contributed by atoms with Crippen molar-refractivity contribution in [3.63, 3.8) is 0 Å². The molecule has 4 aliphatic rings. The van der Waals surface area contributed by atoms with Crippen molar-refractivity contribution in [1.82, 2.24) is 9.80 Å². The van der Waals surface area contributed by atoms with Crippen LogP contribution < -0.4 is 0 Å². The van der Waals surface area contributed by atoms with Crippen LogP contribution in [-0.2, 0) is 14.3 Å². The van der Waals surface area contributed by atoms with Gasteiger partial charge in [-0.05, 0) is 43.9 Å². The summed E-state index contributed by atoms with van der Waals surface area (Å²) in [5, 5.41) is 0. The van der Waals surface area contributed by atoms with Gasteiger partial charge in [0.2, 0.25) is 5.91 Å². The van der Waals surface area contributed by atoms with Gasteiger partial charge in [-0.2, -0.15) is 0 Å². The van der Waals surface area contributed by atoms with E-state index in [1.165, 1.54) is 12.8 Å². The van der Waals surface area contributed by atoms with E-state index in [1.807, 2.05) is 4.90 Å². The maximum Gasteiger partial charge on any atom is 0.251 e. The van der Waals surface area contributed by atoms with Crippen LogP contribution in [0.25, 0.3) is 0 Å². The minimum atomic E-state index is -0.235. The van der Waals surface area contributed by atoms with Gasteiger partial charge < -0.3 is 14.5 Å². The van der Waals surface area contributed by atoms with E-state index < -0.39 is 0 Å². The Bertz CT molecular complexity index is 477. The van der Waals surface area contributed by atoms with Gasteiger partial charge in [-0.25, -0.2) is 0 Å². The van der Waals surface area contributed by atoms with E-state index >= 15 is 0 Å². The highest BCUT2D eigenvalue weighted by Crippen LogP contribution is 2.39. The number of likely N-dealkylation sites (tertiary alicyclic amines) is 2. The summed E-state index contributed by atoms with van der Waals surface area (Å²) in [7, 11) is 0. The van der Waals surface area contributed by atoms with Crippen molar-refractivity contribution < 1.29 is 14.3 Å². The molecule has 0 aromatic carbocycles. The first kappa shape index (κ1) is 14.5. The zero-order chi connectivity index (χ0) is 15.3. The van der Waals surface area contributed by atoms with Gasteiger partial charge in [0.15, 0.2) is 0 Å². The molecule has 0 bridgehead atoms. The Hall–Kier alpha value is -1.10. The van der Waals surface area contributed by atoms with E-state index in [1.54, 1.807) is 0 Å². The summed E-state index contributed by atoms with van der Waals surface area (Å²) in [6, 6.07) is 0.875. The number of carbonyl (C=O) groups excluding carboxylic acids is 2. The topological polar surface area (TPSA) is 49.9 Å². The standard InChI is InChI=1S/C17H26N2O3/c1-11-7-9-22-16(11)17(21)18-8-6-14-12(10-18)2-5-15(20)19(14)13-3-4-13/h11-14,16H,2-10H2,1H3/t11-,12-,14+,16+/m1/s1. The van der Waals surface area contributed by atoms with Crippen molar-refractivity contribution in [3.8, 4) is 0 Å². The second-order valence-corrected chi connectivity index (χ2v) is 7.53. The van der Waals surface area contributed by atoms with E-state index in [9.17, 15) is 9.59 Å². The lowest BCUT2D eigenvalue weighted by Gasteiger charge is -2.47. The summed E-state index contributed by atoms with van der Waals surface area (Å²) in [5.41, 5.74) is 0. The van der Waals surface area contributed by atoms with E-state index in [0.717, 1.165) is 32.4 Å². The lowest BCUT2D eigenvalue weighted by atomic mass is 9.83. The van der Waals surface area contributed by atoms with Gasteiger partial charge in [-0.1, -0.05) is 6.92 Å². The Morgan fingerprint density at radius 2 is 2.00 bits per heavy atom. The van der Waals surface area contributed by atoms with Crippen molar-refractivity contribution in [1.29, 1.82) is 0 Å². The Balaban J connectivity index is 1.43. The number of hydrogen-bond acceptors (Lipinski definition) is 3. The number of ether oxygens (including phenoxy) is 1. The maximum atomic E-state index is 12.7. The first-order chi connectivity index (χ1) is 10.6. The molecule has 3 heterocycles. The molecule has 0 spiro atoms. The highest BCUT2D eigenvalue weighted by Gasteiger charge is 2.46. The summed E-state index contributed by atoms with van der Waals surface area (Å²) in [5.74, 6) is 1.32. The highest BCUT2D eigenvalue weighted by atomic mass is 16.5. The molecular formula is C17H26N2O3. The normalized spacial score (nSPS) is 39.0. The Kier molecular flexibility index (Phi) is 3.63. The third kappa shape index (κ3) is 2.43. The first-order valence-electron chi connectivity index (χ1n) is 8.86. The molecule has 4 rings (SSSR count). The monoisotopic (exact) mass is 306 g/mol. The minimum absolute atomic E-state index is 0.179. The SMILES string of the molecule is C[C@@H]1CCO[C@@H]1C(=O)N1CC[C@H]2[C@H](CCC(=O)N2C2CC2)C1. The number of fused-ring (bicyclic) bond motifs is 1. The fourth-order valence-electron chi connectivity index (χ4n) is 4.51. The zero-order valence-electron chi connectivity index (χ0n) is 13.4.